The standard InChI is InChI=1S/C12H15NO6S/c1-18-11-3-2-9(6-10(11)12(14)15)20(16,17)13-8-4-5-19-7-8/h2-3,6,8,13H,4-5,7H2,1H3,(H,14,15)/t8-/m0/s1. The van der Waals surface area contributed by atoms with Crippen LogP contribution in [0.3, 0.4) is 0 Å². The molecule has 0 saturated carbocycles. The van der Waals surface area contributed by atoms with Crippen molar-refractivity contribution in [3.05, 3.63) is 23.8 Å². The van der Waals surface area contributed by atoms with Gasteiger partial charge in [-0.05, 0) is 24.6 Å². The van der Waals surface area contributed by atoms with Crippen LogP contribution in [0.5, 0.6) is 5.75 Å². The zero-order valence-corrected chi connectivity index (χ0v) is 11.6. The van der Waals surface area contributed by atoms with E-state index in [4.69, 9.17) is 14.6 Å². The number of carboxylic acid groups (broad SMARTS) is 1. The average molecular weight is 301 g/mol. The summed E-state index contributed by atoms with van der Waals surface area (Å²) in [5.41, 5.74) is -0.196. The largest absolute Gasteiger partial charge is 0.496 e. The van der Waals surface area contributed by atoms with Gasteiger partial charge in [0.1, 0.15) is 11.3 Å². The van der Waals surface area contributed by atoms with Crippen molar-refractivity contribution in [3.63, 3.8) is 0 Å². The molecule has 1 aromatic rings. The molecule has 8 heteroatoms. The molecule has 0 aliphatic carbocycles. The van der Waals surface area contributed by atoms with Gasteiger partial charge in [-0.2, -0.15) is 0 Å². The number of rotatable bonds is 5. The Morgan fingerprint density at radius 2 is 2.25 bits per heavy atom. The lowest BCUT2D eigenvalue weighted by Crippen LogP contribution is -2.35. The van der Waals surface area contributed by atoms with Crippen LogP contribution in [0, 0.1) is 0 Å². The number of ether oxygens (including phenoxy) is 2. The van der Waals surface area contributed by atoms with E-state index in [1.807, 2.05) is 0 Å². The van der Waals surface area contributed by atoms with E-state index in [0.717, 1.165) is 6.07 Å². The Morgan fingerprint density at radius 3 is 2.80 bits per heavy atom. The molecule has 1 aromatic carbocycles. The summed E-state index contributed by atoms with van der Waals surface area (Å²) in [6.45, 7) is 0.831. The van der Waals surface area contributed by atoms with Crippen LogP contribution in [-0.4, -0.2) is 45.9 Å². The zero-order chi connectivity index (χ0) is 14.8. The molecule has 20 heavy (non-hydrogen) atoms. The number of benzene rings is 1. The molecule has 1 saturated heterocycles. The van der Waals surface area contributed by atoms with Crippen molar-refractivity contribution in [2.75, 3.05) is 20.3 Å². The fraction of sp³-hybridized carbons (Fsp3) is 0.417. The molecule has 0 unspecified atom stereocenters. The normalized spacial score (nSPS) is 18.9. The molecule has 0 spiro atoms. The van der Waals surface area contributed by atoms with Crippen LogP contribution in [0.15, 0.2) is 23.1 Å². The molecule has 0 bridgehead atoms. The molecule has 1 heterocycles. The molecule has 1 aliphatic rings. The van der Waals surface area contributed by atoms with Crippen molar-refractivity contribution in [1.82, 2.24) is 4.72 Å². The minimum absolute atomic E-state index is 0.109. The number of hydrogen-bond acceptors (Lipinski definition) is 5. The number of nitrogens with one attached hydrogen (secondary N) is 1. The monoisotopic (exact) mass is 301 g/mol. The number of carbonyl (C=O) groups is 1. The van der Waals surface area contributed by atoms with E-state index in [1.54, 1.807) is 0 Å². The first-order chi connectivity index (χ1) is 9.44. The van der Waals surface area contributed by atoms with Crippen molar-refractivity contribution in [2.24, 2.45) is 0 Å². The number of sulfonamides is 1. The number of carboxylic acids is 1. The molecule has 1 aliphatic heterocycles. The van der Waals surface area contributed by atoms with Gasteiger partial charge in [0.15, 0.2) is 0 Å². The zero-order valence-electron chi connectivity index (χ0n) is 10.8. The fourth-order valence-corrected chi connectivity index (χ4v) is 3.22. The maximum atomic E-state index is 12.2. The molecule has 0 amide bonds. The Morgan fingerprint density at radius 1 is 1.50 bits per heavy atom. The van der Waals surface area contributed by atoms with Crippen LogP contribution < -0.4 is 9.46 Å². The molecule has 0 aromatic heterocycles. The smallest absolute Gasteiger partial charge is 0.339 e. The third-order valence-corrected chi connectivity index (χ3v) is 4.48. The van der Waals surface area contributed by atoms with Crippen molar-refractivity contribution in [1.29, 1.82) is 0 Å². The Balaban J connectivity index is 2.31. The maximum Gasteiger partial charge on any atom is 0.339 e. The van der Waals surface area contributed by atoms with Crippen molar-refractivity contribution in [2.45, 2.75) is 17.4 Å². The van der Waals surface area contributed by atoms with E-state index >= 15 is 0 Å². The topological polar surface area (TPSA) is 102 Å². The van der Waals surface area contributed by atoms with Gasteiger partial charge in [0.05, 0.1) is 18.6 Å². The van der Waals surface area contributed by atoms with Crippen LogP contribution in [0.2, 0.25) is 0 Å². The van der Waals surface area contributed by atoms with E-state index in [9.17, 15) is 13.2 Å². The Kier molecular flexibility index (Phi) is 4.26. The maximum absolute atomic E-state index is 12.2. The van der Waals surface area contributed by atoms with Crippen molar-refractivity contribution >= 4 is 16.0 Å². The summed E-state index contributed by atoms with van der Waals surface area (Å²) in [7, 11) is -2.45. The SMILES string of the molecule is COc1ccc(S(=O)(=O)N[C@H]2CCOC2)cc1C(=O)O. The summed E-state index contributed by atoms with van der Waals surface area (Å²) in [6, 6.07) is 3.43. The summed E-state index contributed by atoms with van der Waals surface area (Å²) in [6.07, 6.45) is 0.598. The molecule has 2 N–H and O–H groups in total. The minimum Gasteiger partial charge on any atom is -0.496 e. The number of hydrogen-bond donors (Lipinski definition) is 2. The predicted molar refractivity (Wildman–Crippen MR) is 69.5 cm³/mol. The Hall–Kier alpha value is -1.64. The molecule has 1 fully saturated rings. The van der Waals surface area contributed by atoms with Crippen LogP contribution in [-0.2, 0) is 14.8 Å². The third kappa shape index (κ3) is 3.09. The van der Waals surface area contributed by atoms with Gasteiger partial charge in [-0.1, -0.05) is 0 Å². The van der Waals surface area contributed by atoms with Gasteiger partial charge in [-0.3, -0.25) is 0 Å². The highest BCUT2D eigenvalue weighted by molar-refractivity contribution is 7.89. The van der Waals surface area contributed by atoms with Gasteiger partial charge >= 0.3 is 5.97 Å². The van der Waals surface area contributed by atoms with Gasteiger partial charge in [0.2, 0.25) is 10.0 Å². The minimum atomic E-state index is -3.77. The van der Waals surface area contributed by atoms with Crippen LogP contribution >= 0.6 is 0 Å². The lowest BCUT2D eigenvalue weighted by Gasteiger charge is -2.12. The molecule has 7 nitrogen and oxygen atoms in total. The second-order valence-corrected chi connectivity index (χ2v) is 6.06. The Bertz CT molecular complexity index is 606. The summed E-state index contributed by atoms with van der Waals surface area (Å²) in [5, 5.41) is 9.06. The van der Waals surface area contributed by atoms with Crippen molar-refractivity contribution < 1.29 is 27.8 Å². The quantitative estimate of drug-likeness (QED) is 0.819. The second-order valence-electron chi connectivity index (χ2n) is 4.35. The first-order valence-corrected chi connectivity index (χ1v) is 7.44. The first-order valence-electron chi connectivity index (χ1n) is 5.95. The summed E-state index contributed by atoms with van der Waals surface area (Å²) < 4.78 is 36.8. The fourth-order valence-electron chi connectivity index (χ4n) is 1.94. The third-order valence-electron chi connectivity index (χ3n) is 2.96. The second kappa shape index (κ2) is 5.78. The van der Waals surface area contributed by atoms with E-state index in [-0.39, 0.29) is 22.3 Å². The highest BCUT2D eigenvalue weighted by Crippen LogP contribution is 2.23. The first kappa shape index (κ1) is 14.8. The molecule has 110 valence electrons. The van der Waals surface area contributed by atoms with Gasteiger partial charge in [0.25, 0.3) is 0 Å². The lowest BCUT2D eigenvalue weighted by molar-refractivity contribution is 0.0693. The number of aromatic carboxylic acids is 1. The van der Waals surface area contributed by atoms with Gasteiger partial charge < -0.3 is 14.6 Å². The van der Waals surface area contributed by atoms with Crippen LogP contribution in [0.1, 0.15) is 16.8 Å². The van der Waals surface area contributed by atoms with E-state index < -0.39 is 16.0 Å². The average Bonchev–Trinajstić information content (AvgIpc) is 2.89. The Labute approximate surface area is 116 Å². The van der Waals surface area contributed by atoms with Crippen LogP contribution in [0.25, 0.3) is 0 Å². The lowest BCUT2D eigenvalue weighted by atomic mass is 10.2. The predicted octanol–water partition coefficient (Wildman–Crippen LogP) is 0.461. The molecule has 1 atom stereocenters. The number of methoxy groups -OCH3 is 1. The van der Waals surface area contributed by atoms with Gasteiger partial charge in [-0.15, -0.1) is 0 Å². The van der Waals surface area contributed by atoms with Crippen molar-refractivity contribution in [3.8, 4) is 5.75 Å². The summed E-state index contributed by atoms with van der Waals surface area (Å²) in [4.78, 5) is 11.0. The van der Waals surface area contributed by atoms with E-state index in [1.165, 1.54) is 19.2 Å². The van der Waals surface area contributed by atoms with E-state index in [0.29, 0.717) is 19.6 Å². The van der Waals surface area contributed by atoms with Gasteiger partial charge in [-0.25, -0.2) is 17.9 Å². The summed E-state index contributed by atoms with van der Waals surface area (Å²) in [5.74, 6) is -1.14. The highest BCUT2D eigenvalue weighted by Gasteiger charge is 2.25. The molecule has 0 radical (unpaired) electrons. The molecule has 2 rings (SSSR count). The molecular formula is C12H15NO6S. The highest BCUT2D eigenvalue weighted by atomic mass is 32.2. The summed E-state index contributed by atoms with van der Waals surface area (Å²) >= 11 is 0. The van der Waals surface area contributed by atoms with Gasteiger partial charge in [0, 0.05) is 12.6 Å². The molecular weight excluding hydrogens is 286 g/mol. The van der Waals surface area contributed by atoms with E-state index in [2.05, 4.69) is 4.72 Å². The van der Waals surface area contributed by atoms with Crippen LogP contribution in [0.4, 0.5) is 0 Å².